The molecule has 0 radical (unpaired) electrons. The third-order valence-corrected chi connectivity index (χ3v) is 5.18. The summed E-state index contributed by atoms with van der Waals surface area (Å²) in [6.07, 6.45) is 1.78. The molecule has 0 unspecified atom stereocenters. The number of allylic oxidation sites excluding steroid dienone is 1. The lowest BCUT2D eigenvalue weighted by Crippen LogP contribution is -2.31. The van der Waals surface area contributed by atoms with Gasteiger partial charge in [-0.3, -0.25) is 9.36 Å². The number of nitrogens with zero attached hydrogens (tertiary/aromatic N) is 3. The van der Waals surface area contributed by atoms with Crippen LogP contribution in [-0.2, 0) is 17.9 Å². The van der Waals surface area contributed by atoms with E-state index in [0.29, 0.717) is 17.5 Å². The second kappa shape index (κ2) is 10.6. The maximum atomic E-state index is 12.0. The molecule has 1 aromatic heterocycles. The smallest absolute Gasteiger partial charge is 0.230 e. The highest BCUT2D eigenvalue weighted by molar-refractivity contribution is 7.99. The summed E-state index contributed by atoms with van der Waals surface area (Å²) in [5, 5.41) is 12.1. The molecule has 6 nitrogen and oxygen atoms in total. The largest absolute Gasteiger partial charge is 0.485 e. The molecule has 0 fully saturated rings. The lowest BCUT2D eigenvalue weighted by molar-refractivity contribution is -0.119. The maximum Gasteiger partial charge on any atom is 0.230 e. The van der Waals surface area contributed by atoms with Crippen molar-refractivity contribution < 1.29 is 9.53 Å². The van der Waals surface area contributed by atoms with Crippen molar-refractivity contribution in [3.8, 4) is 16.9 Å². The fraction of sp³-hybridized carbons (Fsp3) is 0.261. The van der Waals surface area contributed by atoms with Crippen LogP contribution in [0, 0.1) is 0 Å². The number of ether oxygens (including phenoxy) is 1. The van der Waals surface area contributed by atoms with E-state index in [-0.39, 0.29) is 24.3 Å². The highest BCUT2D eigenvalue weighted by Gasteiger charge is 2.15. The first-order chi connectivity index (χ1) is 14.6. The average Bonchev–Trinajstić information content (AvgIpc) is 3.13. The van der Waals surface area contributed by atoms with Crippen molar-refractivity contribution in [2.45, 2.75) is 38.2 Å². The van der Waals surface area contributed by atoms with Gasteiger partial charge < -0.3 is 10.1 Å². The number of amides is 1. The number of nitrogens with one attached hydrogen (secondary N) is 1. The van der Waals surface area contributed by atoms with E-state index in [4.69, 9.17) is 4.74 Å². The van der Waals surface area contributed by atoms with Crippen LogP contribution in [-0.4, -0.2) is 32.5 Å². The zero-order valence-corrected chi connectivity index (χ0v) is 18.1. The Kier molecular flexibility index (Phi) is 7.68. The fourth-order valence-electron chi connectivity index (χ4n) is 2.93. The molecule has 0 aliphatic rings. The molecule has 0 saturated heterocycles. The van der Waals surface area contributed by atoms with Gasteiger partial charge in [0.2, 0.25) is 5.91 Å². The predicted octanol–water partition coefficient (Wildman–Crippen LogP) is 4.33. The number of carbonyl (C=O) groups is 1. The number of hydrogen-bond acceptors (Lipinski definition) is 5. The minimum atomic E-state index is -0.0299. The van der Waals surface area contributed by atoms with Crippen LogP contribution in [0.4, 0.5) is 0 Å². The summed E-state index contributed by atoms with van der Waals surface area (Å²) in [6, 6.07) is 18.1. The summed E-state index contributed by atoms with van der Waals surface area (Å²) in [5.74, 6) is 1.72. The minimum Gasteiger partial charge on any atom is -0.485 e. The second-order valence-electron chi connectivity index (χ2n) is 6.96. The van der Waals surface area contributed by atoms with Gasteiger partial charge in [0.25, 0.3) is 0 Å². The van der Waals surface area contributed by atoms with Gasteiger partial charge in [0.1, 0.15) is 12.4 Å². The number of thioether (sulfide) groups is 1. The van der Waals surface area contributed by atoms with Gasteiger partial charge in [0, 0.05) is 18.2 Å². The van der Waals surface area contributed by atoms with Gasteiger partial charge in [0.15, 0.2) is 11.0 Å². The Bertz CT molecular complexity index is 986. The van der Waals surface area contributed by atoms with Gasteiger partial charge in [-0.15, -0.1) is 16.8 Å². The van der Waals surface area contributed by atoms with E-state index < -0.39 is 0 Å². The Labute approximate surface area is 181 Å². The Morgan fingerprint density at radius 2 is 1.90 bits per heavy atom. The molecule has 1 amide bonds. The van der Waals surface area contributed by atoms with E-state index in [1.807, 2.05) is 60.9 Å². The zero-order valence-electron chi connectivity index (χ0n) is 17.2. The number of rotatable bonds is 10. The van der Waals surface area contributed by atoms with Gasteiger partial charge in [-0.2, -0.15) is 0 Å². The van der Waals surface area contributed by atoms with Crippen molar-refractivity contribution in [3.63, 3.8) is 0 Å². The molecule has 30 heavy (non-hydrogen) atoms. The fourth-order valence-corrected chi connectivity index (χ4v) is 3.71. The van der Waals surface area contributed by atoms with Crippen LogP contribution in [0.25, 0.3) is 11.1 Å². The molecule has 3 aromatic rings. The van der Waals surface area contributed by atoms with Crippen LogP contribution in [0.1, 0.15) is 19.7 Å². The SMILES string of the molecule is C=CCn1c(COc2ccccc2-c2ccccc2)nnc1SCC(=O)NC(C)C. The second-order valence-corrected chi connectivity index (χ2v) is 7.90. The Morgan fingerprint density at radius 3 is 2.63 bits per heavy atom. The third-order valence-electron chi connectivity index (χ3n) is 4.22. The molecule has 0 aliphatic heterocycles. The van der Waals surface area contributed by atoms with Crippen molar-refractivity contribution in [2.75, 3.05) is 5.75 Å². The van der Waals surface area contributed by atoms with Crippen LogP contribution in [0.15, 0.2) is 72.4 Å². The quantitative estimate of drug-likeness (QED) is 0.389. The third kappa shape index (κ3) is 5.73. The summed E-state index contributed by atoms with van der Waals surface area (Å²) < 4.78 is 8.03. The van der Waals surface area contributed by atoms with Crippen molar-refractivity contribution in [3.05, 3.63) is 73.1 Å². The Balaban J connectivity index is 1.73. The first kappa shape index (κ1) is 21.6. The molecule has 0 spiro atoms. The molecular weight excluding hydrogens is 396 g/mol. The molecule has 0 saturated carbocycles. The standard InChI is InChI=1S/C23H26N4O2S/c1-4-14-27-21(25-26-23(27)30-16-22(28)24-17(2)3)15-29-20-13-9-8-12-19(20)18-10-6-5-7-11-18/h4-13,17H,1,14-16H2,2-3H3,(H,24,28). The summed E-state index contributed by atoms with van der Waals surface area (Å²) >= 11 is 1.35. The van der Waals surface area contributed by atoms with E-state index >= 15 is 0 Å². The summed E-state index contributed by atoms with van der Waals surface area (Å²) in [5.41, 5.74) is 2.11. The number of carbonyl (C=O) groups excluding carboxylic acids is 1. The molecule has 1 heterocycles. The van der Waals surface area contributed by atoms with E-state index in [0.717, 1.165) is 16.9 Å². The minimum absolute atomic E-state index is 0.0299. The van der Waals surface area contributed by atoms with Crippen LogP contribution in [0.3, 0.4) is 0 Å². The van der Waals surface area contributed by atoms with Crippen molar-refractivity contribution in [2.24, 2.45) is 0 Å². The molecule has 7 heteroatoms. The topological polar surface area (TPSA) is 69.0 Å². The zero-order chi connectivity index (χ0) is 21.3. The lowest BCUT2D eigenvalue weighted by atomic mass is 10.1. The van der Waals surface area contributed by atoms with Crippen LogP contribution in [0.2, 0.25) is 0 Å². The molecule has 0 atom stereocenters. The number of para-hydroxylation sites is 1. The lowest BCUT2D eigenvalue weighted by Gasteiger charge is -2.12. The first-order valence-electron chi connectivity index (χ1n) is 9.81. The van der Waals surface area contributed by atoms with Crippen molar-refractivity contribution >= 4 is 17.7 Å². The summed E-state index contributed by atoms with van der Waals surface area (Å²) in [4.78, 5) is 12.0. The molecule has 156 valence electrons. The highest BCUT2D eigenvalue weighted by atomic mass is 32.2. The van der Waals surface area contributed by atoms with E-state index in [1.54, 1.807) is 6.08 Å². The van der Waals surface area contributed by atoms with Crippen molar-refractivity contribution in [1.29, 1.82) is 0 Å². The maximum absolute atomic E-state index is 12.0. The van der Waals surface area contributed by atoms with Gasteiger partial charge in [-0.1, -0.05) is 66.4 Å². The van der Waals surface area contributed by atoms with Crippen LogP contribution >= 0.6 is 11.8 Å². The average molecular weight is 423 g/mol. The molecule has 0 bridgehead atoms. The number of aromatic nitrogens is 3. The molecule has 3 rings (SSSR count). The Morgan fingerprint density at radius 1 is 1.17 bits per heavy atom. The number of hydrogen-bond donors (Lipinski definition) is 1. The molecule has 2 aromatic carbocycles. The molecule has 1 N–H and O–H groups in total. The highest BCUT2D eigenvalue weighted by Crippen LogP contribution is 2.30. The van der Waals surface area contributed by atoms with Gasteiger partial charge in [-0.05, 0) is 25.5 Å². The van der Waals surface area contributed by atoms with E-state index in [9.17, 15) is 4.79 Å². The Hall–Kier alpha value is -3.06. The van der Waals surface area contributed by atoms with Gasteiger partial charge in [0.05, 0.1) is 5.75 Å². The normalized spacial score (nSPS) is 10.8. The van der Waals surface area contributed by atoms with Crippen molar-refractivity contribution in [1.82, 2.24) is 20.1 Å². The van der Waals surface area contributed by atoms with Gasteiger partial charge >= 0.3 is 0 Å². The number of benzene rings is 2. The monoisotopic (exact) mass is 422 g/mol. The molecular formula is C23H26N4O2S. The summed E-state index contributed by atoms with van der Waals surface area (Å²) in [7, 11) is 0. The predicted molar refractivity (Wildman–Crippen MR) is 120 cm³/mol. The van der Waals surface area contributed by atoms with E-state index in [1.165, 1.54) is 11.8 Å². The summed E-state index contributed by atoms with van der Waals surface area (Å²) in [6.45, 7) is 8.50. The first-order valence-corrected chi connectivity index (χ1v) is 10.8. The van der Waals surface area contributed by atoms with Crippen LogP contribution in [0.5, 0.6) is 5.75 Å². The van der Waals surface area contributed by atoms with Crippen LogP contribution < -0.4 is 10.1 Å². The van der Waals surface area contributed by atoms with Gasteiger partial charge in [-0.25, -0.2) is 0 Å². The van der Waals surface area contributed by atoms with E-state index in [2.05, 4.69) is 34.2 Å². The molecule has 0 aliphatic carbocycles.